The lowest BCUT2D eigenvalue weighted by molar-refractivity contribution is 0.0814. The minimum Gasteiger partial charge on any atom is -0.377 e. The van der Waals surface area contributed by atoms with Crippen LogP contribution in [0.15, 0.2) is 12.8 Å². The van der Waals surface area contributed by atoms with Crippen molar-refractivity contribution in [2.45, 2.75) is 12.3 Å². The van der Waals surface area contributed by atoms with E-state index in [0.29, 0.717) is 13.2 Å². The van der Waals surface area contributed by atoms with Gasteiger partial charge in [-0.2, -0.15) is 0 Å². The second-order valence-electron chi connectivity index (χ2n) is 2.96. The number of likely N-dealkylation sites (N-methyl/N-ethyl adjacent to an activating group) is 1. The fourth-order valence-corrected chi connectivity index (χ4v) is 1.12. The third kappa shape index (κ3) is 2.46. The van der Waals surface area contributed by atoms with Crippen LogP contribution < -0.4 is 5.32 Å². The highest BCUT2D eigenvalue weighted by Gasteiger charge is 2.24. The van der Waals surface area contributed by atoms with Gasteiger partial charge in [-0.25, -0.2) is 4.39 Å². The van der Waals surface area contributed by atoms with Gasteiger partial charge < -0.3 is 9.64 Å². The van der Waals surface area contributed by atoms with Crippen molar-refractivity contribution < 1.29 is 9.13 Å². The molecule has 2 atom stereocenters. The van der Waals surface area contributed by atoms with E-state index in [0.717, 1.165) is 0 Å². The van der Waals surface area contributed by atoms with E-state index >= 15 is 0 Å². The molecule has 0 spiro atoms. The number of nitrogens with zero attached hydrogens (tertiary/aromatic N) is 1. The van der Waals surface area contributed by atoms with Crippen molar-refractivity contribution in [3.8, 4) is 0 Å². The van der Waals surface area contributed by atoms with Gasteiger partial charge in [0.1, 0.15) is 12.9 Å². The molecule has 0 radical (unpaired) electrons. The van der Waals surface area contributed by atoms with E-state index in [1.54, 1.807) is 6.20 Å². The van der Waals surface area contributed by atoms with Gasteiger partial charge in [0.2, 0.25) is 0 Å². The molecule has 0 aromatic rings. The SMILES string of the molecule is C=CN(C)C[C@@H]1N[C@@H](CF)CO1. The fourth-order valence-electron chi connectivity index (χ4n) is 1.12. The van der Waals surface area contributed by atoms with Gasteiger partial charge in [-0.3, -0.25) is 5.32 Å². The molecule has 1 fully saturated rings. The topological polar surface area (TPSA) is 24.5 Å². The first kappa shape index (κ1) is 9.48. The average Bonchev–Trinajstić information content (AvgIpc) is 2.52. The summed E-state index contributed by atoms with van der Waals surface area (Å²) in [7, 11) is 1.90. The van der Waals surface area contributed by atoms with E-state index in [4.69, 9.17) is 4.74 Å². The Morgan fingerprint density at radius 1 is 1.83 bits per heavy atom. The van der Waals surface area contributed by atoms with E-state index < -0.39 is 0 Å². The molecule has 0 aromatic heterocycles. The fraction of sp³-hybridized carbons (Fsp3) is 0.750. The highest BCUT2D eigenvalue weighted by molar-refractivity contribution is 4.79. The molecule has 1 rings (SSSR count). The summed E-state index contributed by atoms with van der Waals surface area (Å²) in [6.45, 7) is 4.42. The molecular formula is C8H15FN2O. The van der Waals surface area contributed by atoms with Crippen LogP contribution in [-0.4, -0.2) is 44.0 Å². The molecule has 1 aliphatic rings. The van der Waals surface area contributed by atoms with Gasteiger partial charge in [0.05, 0.1) is 19.2 Å². The molecule has 0 aromatic carbocycles. The maximum Gasteiger partial charge on any atom is 0.126 e. The predicted octanol–water partition coefficient (Wildman–Crippen LogP) is 0.346. The van der Waals surface area contributed by atoms with E-state index in [1.807, 2.05) is 11.9 Å². The van der Waals surface area contributed by atoms with Crippen LogP contribution in [0.25, 0.3) is 0 Å². The van der Waals surface area contributed by atoms with Crippen LogP contribution in [0.5, 0.6) is 0 Å². The molecule has 0 unspecified atom stereocenters. The Morgan fingerprint density at radius 3 is 3.08 bits per heavy atom. The Morgan fingerprint density at radius 2 is 2.58 bits per heavy atom. The van der Waals surface area contributed by atoms with Crippen molar-refractivity contribution in [3.05, 3.63) is 12.8 Å². The molecule has 0 aliphatic carbocycles. The summed E-state index contributed by atoms with van der Waals surface area (Å²) < 4.78 is 17.4. The molecule has 4 heteroatoms. The summed E-state index contributed by atoms with van der Waals surface area (Å²) in [5.74, 6) is 0. The second kappa shape index (κ2) is 4.42. The van der Waals surface area contributed by atoms with E-state index in [9.17, 15) is 4.39 Å². The Kier molecular flexibility index (Phi) is 3.49. The van der Waals surface area contributed by atoms with Gasteiger partial charge in [0.15, 0.2) is 0 Å². The molecule has 70 valence electrons. The van der Waals surface area contributed by atoms with Crippen LogP contribution in [0.4, 0.5) is 4.39 Å². The molecule has 12 heavy (non-hydrogen) atoms. The third-order valence-electron chi connectivity index (χ3n) is 1.87. The lowest BCUT2D eigenvalue weighted by Gasteiger charge is -2.18. The van der Waals surface area contributed by atoms with Crippen LogP contribution >= 0.6 is 0 Å². The van der Waals surface area contributed by atoms with Crippen LogP contribution in [0, 0.1) is 0 Å². The summed E-state index contributed by atoms with van der Waals surface area (Å²) >= 11 is 0. The standard InChI is InChI=1S/C8H15FN2O/c1-3-11(2)5-8-10-7(4-9)6-12-8/h3,7-8,10H,1,4-6H2,2H3/t7-,8+/m0/s1. The van der Waals surface area contributed by atoms with Crippen molar-refractivity contribution >= 4 is 0 Å². The van der Waals surface area contributed by atoms with Gasteiger partial charge in [-0.05, 0) is 6.20 Å². The van der Waals surface area contributed by atoms with Gasteiger partial charge >= 0.3 is 0 Å². The number of hydrogen-bond acceptors (Lipinski definition) is 3. The maximum atomic E-state index is 12.1. The normalized spacial score (nSPS) is 28.8. The summed E-state index contributed by atoms with van der Waals surface area (Å²) in [5, 5.41) is 3.02. The third-order valence-corrected chi connectivity index (χ3v) is 1.87. The molecule has 1 heterocycles. The zero-order valence-corrected chi connectivity index (χ0v) is 7.29. The Bertz CT molecular complexity index is 154. The Hall–Kier alpha value is -0.610. The molecule has 0 amide bonds. The van der Waals surface area contributed by atoms with Crippen LogP contribution in [0.3, 0.4) is 0 Å². The Balaban J connectivity index is 2.23. The zero-order valence-electron chi connectivity index (χ0n) is 7.29. The molecule has 0 bridgehead atoms. The molecule has 1 saturated heterocycles. The number of ether oxygens (including phenoxy) is 1. The van der Waals surface area contributed by atoms with E-state index in [-0.39, 0.29) is 18.9 Å². The van der Waals surface area contributed by atoms with Gasteiger partial charge in [-0.1, -0.05) is 6.58 Å². The number of hydrogen-bond donors (Lipinski definition) is 1. The number of halogens is 1. The molecule has 1 N–H and O–H groups in total. The lowest BCUT2D eigenvalue weighted by Crippen LogP contribution is -2.38. The second-order valence-corrected chi connectivity index (χ2v) is 2.96. The molecular weight excluding hydrogens is 159 g/mol. The molecule has 0 saturated carbocycles. The smallest absolute Gasteiger partial charge is 0.126 e. The summed E-state index contributed by atoms with van der Waals surface area (Å²) in [6, 6.07) is -0.131. The molecule has 1 aliphatic heterocycles. The van der Waals surface area contributed by atoms with Crippen molar-refractivity contribution in [1.29, 1.82) is 0 Å². The lowest BCUT2D eigenvalue weighted by atomic mass is 10.4. The monoisotopic (exact) mass is 174 g/mol. The van der Waals surface area contributed by atoms with E-state index in [1.165, 1.54) is 0 Å². The zero-order chi connectivity index (χ0) is 8.97. The quantitative estimate of drug-likeness (QED) is 0.665. The first-order valence-corrected chi connectivity index (χ1v) is 4.02. The van der Waals surface area contributed by atoms with Crippen LogP contribution in [0.1, 0.15) is 0 Å². The van der Waals surface area contributed by atoms with E-state index in [2.05, 4.69) is 11.9 Å². The van der Waals surface area contributed by atoms with Gasteiger partial charge in [-0.15, -0.1) is 0 Å². The van der Waals surface area contributed by atoms with Crippen molar-refractivity contribution in [3.63, 3.8) is 0 Å². The first-order chi connectivity index (χ1) is 5.76. The van der Waals surface area contributed by atoms with Gasteiger partial charge in [0, 0.05) is 7.05 Å². The van der Waals surface area contributed by atoms with Crippen LogP contribution in [0.2, 0.25) is 0 Å². The summed E-state index contributed by atoms with van der Waals surface area (Å²) in [6.07, 6.45) is 1.65. The van der Waals surface area contributed by atoms with Crippen LogP contribution in [-0.2, 0) is 4.74 Å². The van der Waals surface area contributed by atoms with Crippen molar-refractivity contribution in [2.24, 2.45) is 0 Å². The van der Waals surface area contributed by atoms with Crippen molar-refractivity contribution in [1.82, 2.24) is 10.2 Å². The molecule has 3 nitrogen and oxygen atoms in total. The highest BCUT2D eigenvalue weighted by Crippen LogP contribution is 2.04. The highest BCUT2D eigenvalue weighted by atomic mass is 19.1. The number of alkyl halides is 1. The average molecular weight is 174 g/mol. The minimum atomic E-state index is -0.367. The minimum absolute atomic E-state index is 0.0613. The summed E-state index contributed by atoms with van der Waals surface area (Å²) in [4.78, 5) is 1.90. The predicted molar refractivity (Wildman–Crippen MR) is 45.5 cm³/mol. The van der Waals surface area contributed by atoms with Gasteiger partial charge in [0.25, 0.3) is 0 Å². The number of rotatable bonds is 4. The number of nitrogens with one attached hydrogen (secondary N) is 1. The maximum absolute atomic E-state index is 12.1. The Labute approximate surface area is 72.2 Å². The largest absolute Gasteiger partial charge is 0.377 e. The van der Waals surface area contributed by atoms with Crippen molar-refractivity contribution in [2.75, 3.05) is 26.9 Å². The first-order valence-electron chi connectivity index (χ1n) is 4.02. The summed E-state index contributed by atoms with van der Waals surface area (Å²) in [5.41, 5.74) is 0.